The van der Waals surface area contributed by atoms with Crippen molar-refractivity contribution in [2.24, 2.45) is 0 Å². The summed E-state index contributed by atoms with van der Waals surface area (Å²) in [7, 11) is 0. The Kier molecular flexibility index (Phi) is 2.29. The highest BCUT2D eigenvalue weighted by Gasteiger charge is 2.21. The van der Waals surface area contributed by atoms with Crippen molar-refractivity contribution in [1.82, 2.24) is 0 Å². The van der Waals surface area contributed by atoms with Gasteiger partial charge in [-0.2, -0.15) is 0 Å². The highest BCUT2D eigenvalue weighted by molar-refractivity contribution is 6.37. The van der Waals surface area contributed by atoms with E-state index in [1.54, 1.807) is 13.0 Å². The Morgan fingerprint density at radius 3 is 2.93 bits per heavy atom. The summed E-state index contributed by atoms with van der Waals surface area (Å²) in [6.45, 7) is 1.79. The molecule has 1 heterocycles. The molecule has 0 saturated carbocycles. The summed E-state index contributed by atoms with van der Waals surface area (Å²) in [6.07, 6.45) is 0. The van der Waals surface area contributed by atoms with Crippen LogP contribution in [0.4, 0.5) is 5.69 Å². The number of carbonyl (C=O) groups is 1. The van der Waals surface area contributed by atoms with E-state index in [0.29, 0.717) is 21.5 Å². The Bertz CT molecular complexity index is 418. The standard InChI is InChI=1S/C9H7Cl2NO2/c1-4-5(10)2-6-9(8(4)11)14-3-7(13)12-6/h2H,3H2,1H3,(H,12,13). The number of anilines is 1. The molecule has 3 nitrogen and oxygen atoms in total. The highest BCUT2D eigenvalue weighted by atomic mass is 35.5. The van der Waals surface area contributed by atoms with Crippen LogP contribution in [0.15, 0.2) is 6.07 Å². The first-order chi connectivity index (χ1) is 6.59. The molecule has 0 aliphatic carbocycles. The SMILES string of the molecule is Cc1c(Cl)cc2c(c1Cl)OCC(=O)N2. The Balaban J connectivity index is 2.59. The smallest absolute Gasteiger partial charge is 0.262 e. The van der Waals surface area contributed by atoms with Gasteiger partial charge in [-0.05, 0) is 18.6 Å². The molecule has 0 spiro atoms. The van der Waals surface area contributed by atoms with Gasteiger partial charge in [0.25, 0.3) is 5.91 Å². The number of carbonyl (C=O) groups excluding carboxylic acids is 1. The molecule has 0 atom stereocenters. The summed E-state index contributed by atoms with van der Waals surface area (Å²) < 4.78 is 5.20. The zero-order valence-corrected chi connectivity index (χ0v) is 8.87. The minimum atomic E-state index is -0.200. The average Bonchev–Trinajstić information content (AvgIpc) is 2.14. The van der Waals surface area contributed by atoms with Crippen LogP contribution in [0.1, 0.15) is 5.56 Å². The van der Waals surface area contributed by atoms with Gasteiger partial charge in [0.2, 0.25) is 0 Å². The Labute approximate surface area is 91.0 Å². The summed E-state index contributed by atoms with van der Waals surface area (Å²) >= 11 is 11.9. The fourth-order valence-corrected chi connectivity index (χ4v) is 1.76. The van der Waals surface area contributed by atoms with E-state index in [0.717, 1.165) is 5.56 Å². The Hall–Kier alpha value is -0.930. The van der Waals surface area contributed by atoms with Crippen LogP contribution in [-0.4, -0.2) is 12.5 Å². The number of benzene rings is 1. The molecule has 1 amide bonds. The fraction of sp³-hybridized carbons (Fsp3) is 0.222. The van der Waals surface area contributed by atoms with Crippen LogP contribution in [0.2, 0.25) is 10.0 Å². The van der Waals surface area contributed by atoms with Crippen molar-refractivity contribution < 1.29 is 9.53 Å². The normalized spacial score (nSPS) is 14.4. The second-order valence-corrected chi connectivity index (χ2v) is 3.80. The molecule has 74 valence electrons. The zero-order valence-electron chi connectivity index (χ0n) is 7.36. The second-order valence-electron chi connectivity index (χ2n) is 3.01. The van der Waals surface area contributed by atoms with Gasteiger partial charge in [0.15, 0.2) is 12.4 Å². The summed E-state index contributed by atoms with van der Waals surface area (Å²) in [5.74, 6) is 0.293. The van der Waals surface area contributed by atoms with E-state index in [2.05, 4.69) is 5.32 Å². The largest absolute Gasteiger partial charge is 0.480 e. The maximum atomic E-state index is 11.0. The first-order valence-corrected chi connectivity index (χ1v) is 4.76. The second kappa shape index (κ2) is 3.33. The van der Waals surface area contributed by atoms with Gasteiger partial charge in [0.05, 0.1) is 10.7 Å². The van der Waals surface area contributed by atoms with Crippen LogP contribution in [0.3, 0.4) is 0 Å². The number of hydrogen-bond donors (Lipinski definition) is 1. The molecule has 5 heteroatoms. The Morgan fingerprint density at radius 2 is 2.21 bits per heavy atom. The zero-order chi connectivity index (χ0) is 10.3. The fourth-order valence-electron chi connectivity index (χ4n) is 1.25. The van der Waals surface area contributed by atoms with E-state index < -0.39 is 0 Å². The van der Waals surface area contributed by atoms with Crippen molar-refractivity contribution in [2.45, 2.75) is 6.92 Å². The van der Waals surface area contributed by atoms with Crippen LogP contribution in [-0.2, 0) is 4.79 Å². The molecular formula is C9H7Cl2NO2. The van der Waals surface area contributed by atoms with E-state index in [9.17, 15) is 4.79 Å². The molecular weight excluding hydrogens is 225 g/mol. The molecule has 0 fully saturated rings. The van der Waals surface area contributed by atoms with Gasteiger partial charge in [-0.3, -0.25) is 4.79 Å². The maximum absolute atomic E-state index is 11.0. The monoisotopic (exact) mass is 231 g/mol. The van der Waals surface area contributed by atoms with Gasteiger partial charge >= 0.3 is 0 Å². The lowest BCUT2D eigenvalue weighted by Crippen LogP contribution is -2.25. The number of amides is 1. The summed E-state index contributed by atoms with van der Waals surface area (Å²) in [6, 6.07) is 1.63. The predicted molar refractivity (Wildman–Crippen MR) is 55.3 cm³/mol. The van der Waals surface area contributed by atoms with Crippen LogP contribution in [0, 0.1) is 6.92 Å². The lowest BCUT2D eigenvalue weighted by atomic mass is 10.2. The topological polar surface area (TPSA) is 38.3 Å². The molecule has 2 rings (SSSR count). The number of halogens is 2. The molecule has 1 aromatic carbocycles. The third-order valence-electron chi connectivity index (χ3n) is 2.02. The van der Waals surface area contributed by atoms with Crippen molar-refractivity contribution in [2.75, 3.05) is 11.9 Å². The minimum absolute atomic E-state index is 0.00616. The van der Waals surface area contributed by atoms with Gasteiger partial charge in [-0.15, -0.1) is 0 Å². The van der Waals surface area contributed by atoms with Crippen molar-refractivity contribution in [3.63, 3.8) is 0 Å². The van der Waals surface area contributed by atoms with Gasteiger partial charge in [-0.1, -0.05) is 23.2 Å². The summed E-state index contributed by atoms with van der Waals surface area (Å²) in [5, 5.41) is 3.60. The van der Waals surface area contributed by atoms with Crippen LogP contribution >= 0.6 is 23.2 Å². The van der Waals surface area contributed by atoms with E-state index in [1.165, 1.54) is 0 Å². The van der Waals surface area contributed by atoms with E-state index in [-0.39, 0.29) is 12.5 Å². The van der Waals surface area contributed by atoms with E-state index in [1.807, 2.05) is 0 Å². The summed E-state index contributed by atoms with van der Waals surface area (Å²) in [5.41, 5.74) is 1.28. The van der Waals surface area contributed by atoms with E-state index >= 15 is 0 Å². The molecule has 14 heavy (non-hydrogen) atoms. The first-order valence-electron chi connectivity index (χ1n) is 4.01. The number of fused-ring (bicyclic) bond motifs is 1. The molecule has 0 radical (unpaired) electrons. The predicted octanol–water partition coefficient (Wildman–Crippen LogP) is 2.63. The van der Waals surface area contributed by atoms with Gasteiger partial charge in [0.1, 0.15) is 0 Å². The molecule has 0 bridgehead atoms. The van der Waals surface area contributed by atoms with E-state index in [4.69, 9.17) is 27.9 Å². The minimum Gasteiger partial charge on any atom is -0.480 e. The third kappa shape index (κ3) is 1.42. The summed E-state index contributed by atoms with van der Waals surface area (Å²) in [4.78, 5) is 11.0. The van der Waals surface area contributed by atoms with Crippen LogP contribution in [0.25, 0.3) is 0 Å². The lowest BCUT2D eigenvalue weighted by molar-refractivity contribution is -0.118. The first kappa shape index (κ1) is 9.62. The highest BCUT2D eigenvalue weighted by Crippen LogP contribution is 2.41. The van der Waals surface area contributed by atoms with Crippen LogP contribution < -0.4 is 10.1 Å². The van der Waals surface area contributed by atoms with Crippen LogP contribution in [0.5, 0.6) is 5.75 Å². The molecule has 1 N–H and O–H groups in total. The van der Waals surface area contributed by atoms with Gasteiger partial charge in [0, 0.05) is 5.02 Å². The third-order valence-corrected chi connectivity index (χ3v) is 2.87. The number of hydrogen-bond acceptors (Lipinski definition) is 2. The number of rotatable bonds is 0. The molecule has 1 aromatic rings. The molecule has 0 saturated heterocycles. The number of nitrogens with one attached hydrogen (secondary N) is 1. The number of ether oxygens (including phenoxy) is 1. The molecule has 0 unspecified atom stereocenters. The van der Waals surface area contributed by atoms with Crippen molar-refractivity contribution in [3.05, 3.63) is 21.7 Å². The van der Waals surface area contributed by atoms with Crippen molar-refractivity contribution in [3.8, 4) is 5.75 Å². The molecule has 1 aliphatic heterocycles. The van der Waals surface area contributed by atoms with Crippen molar-refractivity contribution in [1.29, 1.82) is 0 Å². The molecule has 0 aromatic heterocycles. The van der Waals surface area contributed by atoms with Crippen molar-refractivity contribution >= 4 is 34.8 Å². The van der Waals surface area contributed by atoms with Gasteiger partial charge < -0.3 is 10.1 Å². The lowest BCUT2D eigenvalue weighted by Gasteiger charge is -2.20. The molecule has 1 aliphatic rings. The van der Waals surface area contributed by atoms with Gasteiger partial charge in [-0.25, -0.2) is 0 Å². The average molecular weight is 232 g/mol. The Morgan fingerprint density at radius 1 is 1.50 bits per heavy atom. The quantitative estimate of drug-likeness (QED) is 0.746. The maximum Gasteiger partial charge on any atom is 0.262 e.